The third-order valence-electron chi connectivity index (χ3n) is 9.63. The van der Waals surface area contributed by atoms with Crippen LogP contribution < -0.4 is 20.9 Å². The van der Waals surface area contributed by atoms with Gasteiger partial charge in [0.25, 0.3) is 5.91 Å². The van der Waals surface area contributed by atoms with E-state index in [9.17, 15) is 14.4 Å². The largest absolute Gasteiger partial charge is 0.369 e. The zero-order valence-corrected chi connectivity index (χ0v) is 29.2. The van der Waals surface area contributed by atoms with Gasteiger partial charge in [0, 0.05) is 33.1 Å². The molecule has 3 amide bonds. The quantitative estimate of drug-likeness (QED) is 0.146. The summed E-state index contributed by atoms with van der Waals surface area (Å²) in [6.45, 7) is 2.53. The van der Waals surface area contributed by atoms with Gasteiger partial charge in [0.15, 0.2) is 0 Å². The molecule has 0 spiro atoms. The number of halogens is 2. The monoisotopic (exact) mass is 696 g/mol. The smallest absolute Gasteiger partial charge is 0.251 e. The molecule has 9 heteroatoms. The van der Waals surface area contributed by atoms with E-state index in [-0.39, 0.29) is 24.9 Å². The van der Waals surface area contributed by atoms with Gasteiger partial charge < -0.3 is 20.9 Å². The van der Waals surface area contributed by atoms with Gasteiger partial charge in [-0.3, -0.25) is 14.4 Å². The maximum Gasteiger partial charge on any atom is 0.251 e. The highest BCUT2D eigenvalue weighted by Gasteiger charge is 2.40. The summed E-state index contributed by atoms with van der Waals surface area (Å²) >= 11 is 12.7. The number of nitrogens with zero attached hydrogens (tertiary/aromatic N) is 2. The minimum Gasteiger partial charge on any atom is -0.369 e. The maximum atomic E-state index is 14.8. The molecule has 0 saturated heterocycles. The third kappa shape index (κ3) is 8.11. The molecule has 254 valence electrons. The van der Waals surface area contributed by atoms with E-state index < -0.39 is 23.8 Å². The Hall–Kier alpha value is -4.33. The number of amides is 3. The van der Waals surface area contributed by atoms with Crippen LogP contribution in [0.2, 0.25) is 10.0 Å². The van der Waals surface area contributed by atoms with Crippen molar-refractivity contribution >= 4 is 58.0 Å². The molecule has 3 atom stereocenters. The third-order valence-corrected chi connectivity index (χ3v) is 10.2. The first-order valence-electron chi connectivity index (χ1n) is 17.1. The van der Waals surface area contributed by atoms with E-state index in [1.165, 1.54) is 0 Å². The molecule has 1 unspecified atom stereocenters. The van der Waals surface area contributed by atoms with Crippen LogP contribution in [0, 0.1) is 17.8 Å². The Kier molecular flexibility index (Phi) is 10.9. The van der Waals surface area contributed by atoms with Gasteiger partial charge in [-0.15, -0.1) is 0 Å². The van der Waals surface area contributed by atoms with Crippen LogP contribution in [0.25, 0.3) is 11.1 Å². The van der Waals surface area contributed by atoms with Crippen LogP contribution in [0.1, 0.15) is 51.0 Å². The maximum absolute atomic E-state index is 14.8. The molecule has 0 bridgehead atoms. The second kappa shape index (κ2) is 15.5. The van der Waals surface area contributed by atoms with Crippen molar-refractivity contribution in [3.8, 4) is 11.1 Å². The number of nitrogens with two attached hydrogens (primary N) is 1. The first-order valence-corrected chi connectivity index (χ1v) is 17.9. The fraction of sp³-hybridized carbons (Fsp3) is 0.325. The van der Waals surface area contributed by atoms with Gasteiger partial charge in [0.1, 0.15) is 6.04 Å². The molecule has 0 radical (unpaired) electrons. The Bertz CT molecular complexity index is 1810. The lowest BCUT2D eigenvalue weighted by Gasteiger charge is -2.29. The second-order valence-electron chi connectivity index (χ2n) is 13.2. The van der Waals surface area contributed by atoms with Gasteiger partial charge in [0.2, 0.25) is 11.8 Å². The molecule has 7 nitrogen and oxygen atoms in total. The lowest BCUT2D eigenvalue weighted by Crippen LogP contribution is -2.54. The summed E-state index contributed by atoms with van der Waals surface area (Å²) in [5, 5.41) is 4.24. The van der Waals surface area contributed by atoms with Crippen LogP contribution in [-0.4, -0.2) is 30.3 Å². The number of rotatable bonds is 13. The van der Waals surface area contributed by atoms with Crippen LogP contribution in [0.3, 0.4) is 0 Å². The van der Waals surface area contributed by atoms with Gasteiger partial charge in [-0.1, -0.05) is 110 Å². The fourth-order valence-corrected chi connectivity index (χ4v) is 7.38. The number of carbonyl (C=O) groups excluding carboxylic acids is 3. The van der Waals surface area contributed by atoms with Gasteiger partial charge in [-0.05, 0) is 72.4 Å². The molecular formula is C40H42Cl2N4O3. The molecule has 49 heavy (non-hydrogen) atoms. The average molecular weight is 698 g/mol. The van der Waals surface area contributed by atoms with Crippen molar-refractivity contribution < 1.29 is 14.4 Å². The zero-order valence-electron chi connectivity index (χ0n) is 27.7. The Morgan fingerprint density at radius 3 is 2.33 bits per heavy atom. The van der Waals surface area contributed by atoms with Gasteiger partial charge in [-0.25, -0.2) is 0 Å². The molecule has 1 aliphatic heterocycles. The predicted molar refractivity (Wildman–Crippen MR) is 198 cm³/mol. The minimum absolute atomic E-state index is 0.217. The number of nitrogens with one attached hydrogen (secondary N) is 1. The fourth-order valence-electron chi connectivity index (χ4n) is 6.86. The average Bonchev–Trinajstić information content (AvgIpc) is 3.94. The first kappa shape index (κ1) is 34.5. The predicted octanol–water partition coefficient (Wildman–Crippen LogP) is 8.54. The number of hydrogen-bond donors (Lipinski definition) is 2. The van der Waals surface area contributed by atoms with Crippen LogP contribution in [-0.2, 0) is 20.9 Å². The van der Waals surface area contributed by atoms with Crippen molar-refractivity contribution in [1.29, 1.82) is 0 Å². The van der Waals surface area contributed by atoms with E-state index in [2.05, 4.69) is 17.1 Å². The van der Waals surface area contributed by atoms with E-state index in [0.29, 0.717) is 28.8 Å². The Labute approximate surface area is 298 Å². The highest BCUT2D eigenvalue weighted by Crippen LogP contribution is 2.41. The summed E-state index contributed by atoms with van der Waals surface area (Å²) in [7, 11) is 0. The number of unbranched alkanes of at least 4 members (excludes halogenated alkanes) is 1. The van der Waals surface area contributed by atoms with Crippen molar-refractivity contribution in [2.24, 2.45) is 23.5 Å². The second-order valence-corrected chi connectivity index (χ2v) is 14.0. The number of para-hydroxylation sites is 3. The molecule has 1 heterocycles. The summed E-state index contributed by atoms with van der Waals surface area (Å²) in [6.07, 6.45) is 4.92. The van der Waals surface area contributed by atoms with E-state index in [1.807, 2.05) is 84.9 Å². The Morgan fingerprint density at radius 1 is 0.898 bits per heavy atom. The van der Waals surface area contributed by atoms with E-state index in [1.54, 1.807) is 17.0 Å². The van der Waals surface area contributed by atoms with Crippen molar-refractivity contribution in [3.05, 3.63) is 113 Å². The lowest BCUT2D eigenvalue weighted by molar-refractivity contribution is -0.135. The number of benzene rings is 4. The number of anilines is 3. The molecule has 6 rings (SSSR count). The van der Waals surface area contributed by atoms with Crippen LogP contribution >= 0.6 is 23.2 Å². The highest BCUT2D eigenvalue weighted by atomic mass is 35.5. The lowest BCUT2D eigenvalue weighted by atomic mass is 9.82. The molecule has 0 aromatic heterocycles. The molecule has 2 aliphatic rings. The van der Waals surface area contributed by atoms with Crippen molar-refractivity contribution in [2.75, 3.05) is 16.3 Å². The number of carbonyl (C=O) groups is 3. The molecule has 1 fully saturated rings. The molecule has 1 saturated carbocycles. The van der Waals surface area contributed by atoms with Crippen LogP contribution in [0.5, 0.6) is 0 Å². The minimum atomic E-state index is -0.893. The first-order chi connectivity index (χ1) is 23.7. The summed E-state index contributed by atoms with van der Waals surface area (Å²) in [5.41, 5.74) is 11.0. The van der Waals surface area contributed by atoms with E-state index in [0.717, 1.165) is 59.4 Å². The molecule has 1 aliphatic carbocycles. The Morgan fingerprint density at radius 2 is 1.63 bits per heavy atom. The standard InChI is InChI=1S/C40H42Cl2N4O3/c1-2-3-14-32(38(43)47)33(22-26-17-18-26)39(48)44-35-25-45(30-12-5-4-6-13-30)36-15-7-8-16-37(36)46(40(35)49)24-27-10-9-11-28(21-27)31-20-19-29(41)23-34(31)42/h4-13,15-16,19-21,23,26,32-33,35H,2-3,14,17-18,22,24-25H2,1H3,(H2,43,47)(H,44,48)/t32-,33+,35?/m0/s1. The topological polar surface area (TPSA) is 95.7 Å². The van der Waals surface area contributed by atoms with Gasteiger partial charge in [0.05, 0.1) is 24.5 Å². The number of hydrogen-bond acceptors (Lipinski definition) is 4. The molecule has 3 N–H and O–H groups in total. The molecule has 4 aromatic carbocycles. The molecule has 4 aromatic rings. The summed E-state index contributed by atoms with van der Waals surface area (Å²) in [5.74, 6) is -1.75. The van der Waals surface area contributed by atoms with Crippen LogP contribution in [0.15, 0.2) is 97.1 Å². The number of fused-ring (bicyclic) bond motifs is 1. The molecular weight excluding hydrogens is 655 g/mol. The highest BCUT2D eigenvalue weighted by molar-refractivity contribution is 6.36. The summed E-state index contributed by atoms with van der Waals surface area (Å²) in [6, 6.07) is 30.1. The normalized spacial score (nSPS) is 17.2. The van der Waals surface area contributed by atoms with Crippen molar-refractivity contribution in [2.45, 2.75) is 58.0 Å². The Balaban J connectivity index is 1.37. The van der Waals surface area contributed by atoms with Crippen LogP contribution in [0.4, 0.5) is 17.1 Å². The van der Waals surface area contributed by atoms with E-state index >= 15 is 0 Å². The van der Waals surface area contributed by atoms with Crippen molar-refractivity contribution in [1.82, 2.24) is 5.32 Å². The van der Waals surface area contributed by atoms with Crippen molar-refractivity contribution in [3.63, 3.8) is 0 Å². The summed E-state index contributed by atoms with van der Waals surface area (Å²) < 4.78 is 0. The summed E-state index contributed by atoms with van der Waals surface area (Å²) in [4.78, 5) is 45.6. The zero-order chi connectivity index (χ0) is 34.5. The van der Waals surface area contributed by atoms with E-state index in [4.69, 9.17) is 28.9 Å². The van der Waals surface area contributed by atoms with Gasteiger partial charge >= 0.3 is 0 Å². The SMILES string of the molecule is CCCC[C@H](C(N)=O)[C@@H](CC1CC1)C(=O)NC1CN(c2ccccc2)c2ccccc2N(Cc2cccc(-c3ccc(Cl)cc3Cl)c2)C1=O. The number of primary amides is 1. The van der Waals surface area contributed by atoms with Gasteiger partial charge in [-0.2, -0.15) is 0 Å².